The molecular weight excluding hydrogens is 499 g/mol. The Morgan fingerprint density at radius 2 is 1.74 bits per heavy atom. The molecule has 0 spiro atoms. The van der Waals surface area contributed by atoms with E-state index in [1.54, 1.807) is 43.4 Å². The summed E-state index contributed by atoms with van der Waals surface area (Å²) in [7, 11) is 1.62. The minimum atomic E-state index is -4.50. The molecule has 1 aliphatic heterocycles. The predicted octanol–water partition coefficient (Wildman–Crippen LogP) is 4.35. The molecule has 198 valence electrons. The Morgan fingerprint density at radius 3 is 2.42 bits per heavy atom. The lowest BCUT2D eigenvalue weighted by Gasteiger charge is -2.39. The summed E-state index contributed by atoms with van der Waals surface area (Å²) in [5, 5.41) is 2.93. The standard InChI is InChI=1S/C28H26F3N3O4/c1-32-25-11-10-20(19-6-5-7-21(14-19)28(29,30)31)15-24(25)27(37)34-13-12-33(16-22(34)17-35)26(36)18-38-23-8-3-2-4-9-23/h2-11,14-15,17,22,32H,12-13,16,18H2,1H3. The van der Waals surface area contributed by atoms with Crippen LogP contribution in [-0.4, -0.2) is 67.2 Å². The molecule has 0 saturated carbocycles. The first-order valence-electron chi connectivity index (χ1n) is 11.9. The van der Waals surface area contributed by atoms with Crippen LogP contribution in [0.3, 0.4) is 0 Å². The Bertz CT molecular complexity index is 1310. The molecule has 1 heterocycles. The van der Waals surface area contributed by atoms with Crippen molar-refractivity contribution in [1.82, 2.24) is 9.80 Å². The van der Waals surface area contributed by atoms with E-state index < -0.39 is 23.7 Å². The van der Waals surface area contributed by atoms with E-state index in [0.717, 1.165) is 12.1 Å². The average Bonchev–Trinajstić information content (AvgIpc) is 2.95. The minimum absolute atomic E-state index is 0.00836. The Kier molecular flexibility index (Phi) is 7.99. The summed E-state index contributed by atoms with van der Waals surface area (Å²) in [5.74, 6) is -0.231. The number of carbonyl (C=O) groups excluding carboxylic acids is 3. The third-order valence-corrected chi connectivity index (χ3v) is 6.34. The van der Waals surface area contributed by atoms with E-state index in [4.69, 9.17) is 4.74 Å². The van der Waals surface area contributed by atoms with Gasteiger partial charge < -0.3 is 24.6 Å². The summed E-state index contributed by atoms with van der Waals surface area (Å²) in [4.78, 5) is 41.0. The highest BCUT2D eigenvalue weighted by Gasteiger charge is 2.34. The Hall–Kier alpha value is -4.34. The molecule has 1 saturated heterocycles. The summed E-state index contributed by atoms with van der Waals surface area (Å²) < 4.78 is 45.2. The largest absolute Gasteiger partial charge is 0.484 e. The van der Waals surface area contributed by atoms with E-state index in [1.807, 2.05) is 6.07 Å². The van der Waals surface area contributed by atoms with Crippen LogP contribution in [0.15, 0.2) is 72.8 Å². The van der Waals surface area contributed by atoms with E-state index in [1.165, 1.54) is 28.0 Å². The van der Waals surface area contributed by atoms with Gasteiger partial charge in [-0.1, -0.05) is 36.4 Å². The number of ether oxygens (including phenoxy) is 1. The fraction of sp³-hybridized carbons (Fsp3) is 0.250. The van der Waals surface area contributed by atoms with Gasteiger partial charge in [0.15, 0.2) is 6.61 Å². The van der Waals surface area contributed by atoms with Crippen LogP contribution >= 0.6 is 0 Å². The van der Waals surface area contributed by atoms with E-state index >= 15 is 0 Å². The Balaban J connectivity index is 1.52. The number of halogens is 3. The lowest BCUT2D eigenvalue weighted by Crippen LogP contribution is -2.57. The van der Waals surface area contributed by atoms with Gasteiger partial charge in [-0.3, -0.25) is 9.59 Å². The van der Waals surface area contributed by atoms with Gasteiger partial charge in [-0.25, -0.2) is 0 Å². The van der Waals surface area contributed by atoms with Crippen LogP contribution in [-0.2, 0) is 15.8 Å². The zero-order chi connectivity index (χ0) is 27.3. The van der Waals surface area contributed by atoms with Crippen molar-refractivity contribution in [2.24, 2.45) is 0 Å². The smallest absolute Gasteiger partial charge is 0.416 e. The lowest BCUT2D eigenvalue weighted by molar-refractivity contribution is -0.138. The first-order chi connectivity index (χ1) is 18.2. The summed E-state index contributed by atoms with van der Waals surface area (Å²) in [6, 6.07) is 17.6. The Morgan fingerprint density at radius 1 is 1.00 bits per heavy atom. The fourth-order valence-electron chi connectivity index (χ4n) is 4.31. The number of nitrogens with one attached hydrogen (secondary N) is 1. The van der Waals surface area contributed by atoms with Gasteiger partial charge in [0.2, 0.25) is 0 Å². The highest BCUT2D eigenvalue weighted by atomic mass is 19.4. The van der Waals surface area contributed by atoms with Gasteiger partial charge in [-0.15, -0.1) is 0 Å². The maximum Gasteiger partial charge on any atom is 0.416 e. The third kappa shape index (κ3) is 5.96. The van der Waals surface area contributed by atoms with Gasteiger partial charge in [0, 0.05) is 32.4 Å². The maximum atomic E-state index is 13.6. The van der Waals surface area contributed by atoms with Crippen molar-refractivity contribution < 1.29 is 32.3 Å². The minimum Gasteiger partial charge on any atom is -0.484 e. The molecule has 0 aromatic heterocycles. The van der Waals surface area contributed by atoms with E-state index in [2.05, 4.69) is 5.32 Å². The SMILES string of the molecule is CNc1ccc(-c2cccc(C(F)(F)F)c2)cc1C(=O)N1CCN(C(=O)COc2ccccc2)CC1C=O. The van der Waals surface area contributed by atoms with Crippen molar-refractivity contribution in [2.45, 2.75) is 12.2 Å². The van der Waals surface area contributed by atoms with Crippen LogP contribution in [0.2, 0.25) is 0 Å². The number of nitrogens with zero attached hydrogens (tertiary/aromatic N) is 2. The van der Waals surface area contributed by atoms with Crippen LogP contribution in [0.1, 0.15) is 15.9 Å². The number of benzene rings is 3. The fourth-order valence-corrected chi connectivity index (χ4v) is 4.31. The lowest BCUT2D eigenvalue weighted by atomic mass is 9.98. The zero-order valence-corrected chi connectivity index (χ0v) is 20.6. The molecule has 3 aromatic carbocycles. The van der Waals surface area contributed by atoms with Crippen molar-refractivity contribution in [3.63, 3.8) is 0 Å². The van der Waals surface area contributed by atoms with Crippen LogP contribution in [0.4, 0.5) is 18.9 Å². The monoisotopic (exact) mass is 525 g/mol. The van der Waals surface area contributed by atoms with Gasteiger partial charge in [-0.2, -0.15) is 13.2 Å². The van der Waals surface area contributed by atoms with Gasteiger partial charge in [-0.05, 0) is 47.5 Å². The predicted molar refractivity (Wildman–Crippen MR) is 136 cm³/mol. The summed E-state index contributed by atoms with van der Waals surface area (Å²) >= 11 is 0. The second kappa shape index (κ2) is 11.4. The molecular formula is C28H26F3N3O4. The number of aldehydes is 1. The number of carbonyl (C=O) groups is 3. The number of rotatable bonds is 7. The number of piperazine rings is 1. The van der Waals surface area contributed by atoms with Crippen molar-refractivity contribution in [3.05, 3.63) is 83.9 Å². The van der Waals surface area contributed by atoms with Crippen molar-refractivity contribution in [1.29, 1.82) is 0 Å². The van der Waals surface area contributed by atoms with Crippen LogP contribution < -0.4 is 10.1 Å². The molecule has 10 heteroatoms. The second-order valence-corrected chi connectivity index (χ2v) is 8.73. The van der Waals surface area contributed by atoms with Crippen molar-refractivity contribution in [3.8, 4) is 16.9 Å². The number of anilines is 1. The van der Waals surface area contributed by atoms with Crippen molar-refractivity contribution >= 4 is 23.8 Å². The highest BCUT2D eigenvalue weighted by molar-refractivity contribution is 6.02. The molecule has 1 fully saturated rings. The molecule has 1 unspecified atom stereocenters. The third-order valence-electron chi connectivity index (χ3n) is 6.34. The number of alkyl halides is 3. The molecule has 38 heavy (non-hydrogen) atoms. The Labute approximate surface area is 217 Å². The van der Waals surface area contributed by atoms with Crippen LogP contribution in [0.5, 0.6) is 5.75 Å². The topological polar surface area (TPSA) is 79.0 Å². The summed E-state index contributed by atoms with van der Waals surface area (Å²) in [6.45, 7) is 0.117. The molecule has 0 aliphatic carbocycles. The molecule has 1 aliphatic rings. The summed E-state index contributed by atoms with van der Waals surface area (Å²) in [5.41, 5.74) is 0.607. The normalized spacial score (nSPS) is 15.6. The highest BCUT2D eigenvalue weighted by Crippen LogP contribution is 2.33. The first kappa shape index (κ1) is 26.7. The molecule has 4 rings (SSSR count). The number of para-hydroxylation sites is 1. The number of hydrogen-bond acceptors (Lipinski definition) is 5. The molecule has 7 nitrogen and oxygen atoms in total. The van der Waals surface area contributed by atoms with Gasteiger partial charge in [0.1, 0.15) is 18.1 Å². The molecule has 1 atom stereocenters. The molecule has 0 radical (unpaired) electrons. The average molecular weight is 526 g/mol. The van der Waals surface area contributed by atoms with E-state index in [0.29, 0.717) is 28.8 Å². The van der Waals surface area contributed by atoms with Crippen LogP contribution in [0.25, 0.3) is 11.1 Å². The maximum absolute atomic E-state index is 13.6. The molecule has 3 aromatic rings. The summed E-state index contributed by atoms with van der Waals surface area (Å²) in [6.07, 6.45) is -3.88. The van der Waals surface area contributed by atoms with Crippen LogP contribution in [0, 0.1) is 0 Å². The molecule has 1 N–H and O–H groups in total. The first-order valence-corrected chi connectivity index (χ1v) is 11.9. The quantitative estimate of drug-likeness (QED) is 0.465. The molecule has 2 amide bonds. The van der Waals surface area contributed by atoms with E-state index in [9.17, 15) is 27.6 Å². The zero-order valence-electron chi connectivity index (χ0n) is 20.6. The van der Waals surface area contributed by atoms with Gasteiger partial charge in [0.05, 0.1) is 11.1 Å². The van der Waals surface area contributed by atoms with Gasteiger partial charge >= 0.3 is 6.18 Å². The van der Waals surface area contributed by atoms with Crippen molar-refractivity contribution in [2.75, 3.05) is 38.6 Å². The molecule has 0 bridgehead atoms. The second-order valence-electron chi connectivity index (χ2n) is 8.73. The van der Waals surface area contributed by atoms with Gasteiger partial charge in [0.25, 0.3) is 11.8 Å². The number of amides is 2. The van der Waals surface area contributed by atoms with E-state index in [-0.39, 0.29) is 37.7 Å². The number of hydrogen-bond donors (Lipinski definition) is 1.